The van der Waals surface area contributed by atoms with Crippen molar-refractivity contribution >= 4 is 5.97 Å². The molecule has 88 valence electrons. The molecule has 0 aliphatic rings. The standard InChI is InChI=1S/C10H10N4O3/c1-2-16-8(15)6-7-13-10(14-17-7)9-11-4-3-5-12-9/h3-5H,2,6H2,1H3. The van der Waals surface area contributed by atoms with E-state index in [1.54, 1.807) is 25.4 Å². The third-order valence-electron chi connectivity index (χ3n) is 1.83. The van der Waals surface area contributed by atoms with E-state index in [2.05, 4.69) is 20.1 Å². The average molecular weight is 234 g/mol. The molecule has 7 nitrogen and oxygen atoms in total. The first-order valence-corrected chi connectivity index (χ1v) is 5.05. The maximum absolute atomic E-state index is 11.2. The van der Waals surface area contributed by atoms with Gasteiger partial charge in [0.2, 0.25) is 17.5 Å². The quantitative estimate of drug-likeness (QED) is 0.716. The van der Waals surface area contributed by atoms with E-state index in [-0.39, 0.29) is 18.1 Å². The number of ether oxygens (including phenoxy) is 1. The van der Waals surface area contributed by atoms with E-state index in [1.165, 1.54) is 0 Å². The first-order valence-electron chi connectivity index (χ1n) is 5.05. The van der Waals surface area contributed by atoms with E-state index in [9.17, 15) is 4.79 Å². The van der Waals surface area contributed by atoms with Crippen LogP contribution in [0.2, 0.25) is 0 Å². The summed E-state index contributed by atoms with van der Waals surface area (Å²) in [5.74, 6) is 0.388. The van der Waals surface area contributed by atoms with Crippen molar-refractivity contribution in [2.75, 3.05) is 6.61 Å². The lowest BCUT2D eigenvalue weighted by Gasteiger charge is -1.96. The summed E-state index contributed by atoms with van der Waals surface area (Å²) in [5, 5.41) is 3.68. The molecule has 0 spiro atoms. The molecule has 2 heterocycles. The molecule has 2 aromatic heterocycles. The van der Waals surface area contributed by atoms with Gasteiger partial charge in [-0.1, -0.05) is 5.16 Å². The minimum absolute atomic E-state index is 0.0479. The molecule has 0 aliphatic carbocycles. The number of aromatic nitrogens is 4. The molecule has 0 radical (unpaired) electrons. The summed E-state index contributed by atoms with van der Waals surface area (Å²) in [4.78, 5) is 23.1. The van der Waals surface area contributed by atoms with Crippen LogP contribution in [-0.4, -0.2) is 32.7 Å². The van der Waals surface area contributed by atoms with Gasteiger partial charge in [-0.05, 0) is 13.0 Å². The van der Waals surface area contributed by atoms with Crippen LogP contribution in [0, 0.1) is 0 Å². The van der Waals surface area contributed by atoms with Crippen molar-refractivity contribution in [2.24, 2.45) is 0 Å². The zero-order chi connectivity index (χ0) is 12.1. The fourth-order valence-electron chi connectivity index (χ4n) is 1.17. The topological polar surface area (TPSA) is 91.0 Å². The van der Waals surface area contributed by atoms with Crippen molar-refractivity contribution < 1.29 is 14.1 Å². The fraction of sp³-hybridized carbons (Fsp3) is 0.300. The third-order valence-corrected chi connectivity index (χ3v) is 1.83. The normalized spacial score (nSPS) is 10.2. The molecule has 2 rings (SSSR count). The van der Waals surface area contributed by atoms with Gasteiger partial charge in [0.15, 0.2) is 0 Å². The minimum Gasteiger partial charge on any atom is -0.466 e. The second-order valence-corrected chi connectivity index (χ2v) is 3.07. The SMILES string of the molecule is CCOC(=O)Cc1nc(-c2ncccn2)no1. The molecule has 0 unspecified atom stereocenters. The van der Waals surface area contributed by atoms with Gasteiger partial charge in [-0.3, -0.25) is 4.79 Å². The van der Waals surface area contributed by atoms with Crippen LogP contribution < -0.4 is 0 Å². The molecule has 2 aromatic rings. The van der Waals surface area contributed by atoms with Crippen molar-refractivity contribution in [3.63, 3.8) is 0 Å². The summed E-state index contributed by atoms with van der Waals surface area (Å²) in [5.41, 5.74) is 0. The van der Waals surface area contributed by atoms with E-state index >= 15 is 0 Å². The molecule has 0 amide bonds. The Morgan fingerprint density at radius 3 is 2.82 bits per heavy atom. The molecule has 7 heteroatoms. The monoisotopic (exact) mass is 234 g/mol. The Kier molecular flexibility index (Phi) is 3.39. The summed E-state index contributed by atoms with van der Waals surface area (Å²) in [6.45, 7) is 2.05. The van der Waals surface area contributed by atoms with Crippen molar-refractivity contribution in [1.82, 2.24) is 20.1 Å². The molecule has 0 aromatic carbocycles. The Balaban J connectivity index is 2.09. The van der Waals surface area contributed by atoms with E-state index in [4.69, 9.17) is 9.26 Å². The number of rotatable bonds is 4. The van der Waals surface area contributed by atoms with E-state index in [0.717, 1.165) is 0 Å². The van der Waals surface area contributed by atoms with Gasteiger partial charge in [-0.25, -0.2) is 9.97 Å². The van der Waals surface area contributed by atoms with Gasteiger partial charge < -0.3 is 9.26 Å². The Bertz CT molecular complexity index is 497. The highest BCUT2D eigenvalue weighted by Gasteiger charge is 2.14. The number of esters is 1. The molecule has 0 atom stereocenters. The van der Waals surface area contributed by atoms with Crippen LogP contribution >= 0.6 is 0 Å². The van der Waals surface area contributed by atoms with Crippen LogP contribution in [-0.2, 0) is 16.0 Å². The molecule has 17 heavy (non-hydrogen) atoms. The number of hydrogen-bond acceptors (Lipinski definition) is 7. The van der Waals surface area contributed by atoms with Crippen molar-refractivity contribution in [3.8, 4) is 11.6 Å². The van der Waals surface area contributed by atoms with Gasteiger partial charge in [0.25, 0.3) is 0 Å². The van der Waals surface area contributed by atoms with Gasteiger partial charge in [0.05, 0.1) is 6.61 Å². The number of hydrogen-bond donors (Lipinski definition) is 0. The molecule has 0 saturated heterocycles. The number of carbonyl (C=O) groups is 1. The second-order valence-electron chi connectivity index (χ2n) is 3.07. The van der Waals surface area contributed by atoms with E-state index in [1.807, 2.05) is 0 Å². The maximum Gasteiger partial charge on any atom is 0.315 e. The lowest BCUT2D eigenvalue weighted by atomic mass is 10.4. The summed E-state index contributed by atoms with van der Waals surface area (Å²) in [6.07, 6.45) is 3.10. The Morgan fingerprint density at radius 2 is 2.12 bits per heavy atom. The lowest BCUT2D eigenvalue weighted by Crippen LogP contribution is -2.07. The Morgan fingerprint density at radius 1 is 1.35 bits per heavy atom. The van der Waals surface area contributed by atoms with Gasteiger partial charge in [-0.2, -0.15) is 4.98 Å². The van der Waals surface area contributed by atoms with Crippen LogP contribution in [0.1, 0.15) is 12.8 Å². The van der Waals surface area contributed by atoms with Crippen molar-refractivity contribution in [3.05, 3.63) is 24.4 Å². The predicted octanol–water partition coefficient (Wildman–Crippen LogP) is 0.632. The number of carbonyl (C=O) groups excluding carboxylic acids is 1. The van der Waals surface area contributed by atoms with Gasteiger partial charge >= 0.3 is 5.97 Å². The zero-order valence-electron chi connectivity index (χ0n) is 9.16. The molecule has 0 fully saturated rings. The smallest absolute Gasteiger partial charge is 0.315 e. The summed E-state index contributed by atoms with van der Waals surface area (Å²) in [6, 6.07) is 1.68. The van der Waals surface area contributed by atoms with Crippen LogP contribution in [0.25, 0.3) is 11.6 Å². The second kappa shape index (κ2) is 5.15. The zero-order valence-corrected chi connectivity index (χ0v) is 9.16. The average Bonchev–Trinajstić information content (AvgIpc) is 2.79. The van der Waals surface area contributed by atoms with Gasteiger partial charge in [-0.15, -0.1) is 0 Å². The molecule has 0 N–H and O–H groups in total. The van der Waals surface area contributed by atoms with Crippen LogP contribution in [0.5, 0.6) is 0 Å². The molecular weight excluding hydrogens is 224 g/mol. The highest BCUT2D eigenvalue weighted by atomic mass is 16.5. The predicted molar refractivity (Wildman–Crippen MR) is 55.7 cm³/mol. The largest absolute Gasteiger partial charge is 0.466 e. The van der Waals surface area contributed by atoms with Gasteiger partial charge in [0, 0.05) is 12.4 Å². The Labute approximate surface area is 96.8 Å². The lowest BCUT2D eigenvalue weighted by molar-refractivity contribution is -0.142. The first kappa shape index (κ1) is 11.2. The van der Waals surface area contributed by atoms with E-state index in [0.29, 0.717) is 12.4 Å². The summed E-state index contributed by atoms with van der Waals surface area (Å²) >= 11 is 0. The molecule has 0 bridgehead atoms. The fourth-order valence-corrected chi connectivity index (χ4v) is 1.17. The highest BCUT2D eigenvalue weighted by Crippen LogP contribution is 2.09. The summed E-state index contributed by atoms with van der Waals surface area (Å²) in [7, 11) is 0. The molecular formula is C10H10N4O3. The first-order chi connectivity index (χ1) is 8.29. The highest BCUT2D eigenvalue weighted by molar-refractivity contribution is 5.71. The van der Waals surface area contributed by atoms with Crippen LogP contribution in [0.4, 0.5) is 0 Å². The van der Waals surface area contributed by atoms with Crippen LogP contribution in [0.3, 0.4) is 0 Å². The van der Waals surface area contributed by atoms with Crippen molar-refractivity contribution in [2.45, 2.75) is 13.3 Å². The maximum atomic E-state index is 11.2. The Hall–Kier alpha value is -2.31. The third kappa shape index (κ3) is 2.83. The van der Waals surface area contributed by atoms with E-state index < -0.39 is 5.97 Å². The number of nitrogens with zero attached hydrogens (tertiary/aromatic N) is 4. The van der Waals surface area contributed by atoms with Crippen molar-refractivity contribution in [1.29, 1.82) is 0 Å². The molecule has 0 aliphatic heterocycles. The minimum atomic E-state index is -0.406. The van der Waals surface area contributed by atoms with Gasteiger partial charge in [0.1, 0.15) is 6.42 Å². The molecule has 0 saturated carbocycles. The summed E-state index contributed by atoms with van der Waals surface area (Å²) < 4.78 is 9.66. The van der Waals surface area contributed by atoms with Crippen LogP contribution in [0.15, 0.2) is 23.0 Å².